The molecule has 4 heteroatoms. The van der Waals surface area contributed by atoms with Gasteiger partial charge in [0, 0.05) is 17.6 Å². The fourth-order valence-corrected chi connectivity index (χ4v) is 4.78. The quantitative estimate of drug-likeness (QED) is 0.733. The van der Waals surface area contributed by atoms with E-state index in [1.807, 2.05) is 24.3 Å². The van der Waals surface area contributed by atoms with Crippen molar-refractivity contribution in [3.05, 3.63) is 53.1 Å². The van der Waals surface area contributed by atoms with Crippen molar-refractivity contribution in [2.24, 2.45) is 0 Å². The maximum Gasteiger partial charge on any atom is 0.307 e. The molecule has 2 aromatic rings. The molecule has 0 spiro atoms. The average molecular weight is 394 g/mol. The first kappa shape index (κ1) is 20.0. The largest absolute Gasteiger partial charge is 0.496 e. The summed E-state index contributed by atoms with van der Waals surface area (Å²) in [6.45, 7) is 4.66. The lowest BCUT2D eigenvalue weighted by molar-refractivity contribution is -0.136. The fourth-order valence-electron chi connectivity index (χ4n) is 4.78. The van der Waals surface area contributed by atoms with Crippen LogP contribution in [0.3, 0.4) is 0 Å². The molecule has 29 heavy (non-hydrogen) atoms. The van der Waals surface area contributed by atoms with Crippen LogP contribution in [-0.4, -0.2) is 36.2 Å². The molecule has 4 nitrogen and oxygen atoms in total. The van der Waals surface area contributed by atoms with Crippen LogP contribution in [0, 0.1) is 0 Å². The number of hydrogen-bond acceptors (Lipinski definition) is 3. The number of carboxylic acid groups (broad SMARTS) is 1. The van der Waals surface area contributed by atoms with Crippen molar-refractivity contribution in [3.8, 4) is 16.9 Å². The van der Waals surface area contributed by atoms with Crippen LogP contribution >= 0.6 is 0 Å². The van der Waals surface area contributed by atoms with Crippen molar-refractivity contribution in [2.45, 2.75) is 63.5 Å². The van der Waals surface area contributed by atoms with Gasteiger partial charge in [-0.25, -0.2) is 0 Å². The van der Waals surface area contributed by atoms with Crippen molar-refractivity contribution in [3.63, 3.8) is 0 Å². The van der Waals surface area contributed by atoms with Gasteiger partial charge >= 0.3 is 5.97 Å². The Morgan fingerprint density at radius 2 is 1.83 bits per heavy atom. The minimum absolute atomic E-state index is 0.0516. The summed E-state index contributed by atoms with van der Waals surface area (Å²) in [6.07, 6.45) is 4.97. The van der Waals surface area contributed by atoms with Gasteiger partial charge in [0.2, 0.25) is 0 Å². The SMILES string of the molecule is COc1cc(-c2ccc(CC(=O)O)cc2)cc2c1C(N(C)C1CC1)CCC2(C)C. The standard InChI is InChI=1S/C25H31NO3/c1-25(2)12-11-21(26(3)19-9-10-19)24-20(25)14-18(15-22(24)29-4)17-7-5-16(6-8-17)13-23(27)28/h5-8,14-15,19,21H,9-13H2,1-4H3,(H,27,28). The zero-order chi connectivity index (χ0) is 20.8. The van der Waals surface area contributed by atoms with E-state index in [1.54, 1.807) is 7.11 Å². The monoisotopic (exact) mass is 393 g/mol. The first-order chi connectivity index (χ1) is 13.8. The summed E-state index contributed by atoms with van der Waals surface area (Å²) in [7, 11) is 4.03. The Balaban J connectivity index is 1.77. The van der Waals surface area contributed by atoms with Crippen molar-refractivity contribution in [1.29, 1.82) is 0 Å². The van der Waals surface area contributed by atoms with Crippen LogP contribution in [0.2, 0.25) is 0 Å². The van der Waals surface area contributed by atoms with Crippen LogP contribution in [0.25, 0.3) is 11.1 Å². The van der Waals surface area contributed by atoms with Gasteiger partial charge in [0.1, 0.15) is 5.75 Å². The van der Waals surface area contributed by atoms with Gasteiger partial charge in [-0.2, -0.15) is 0 Å². The first-order valence-corrected chi connectivity index (χ1v) is 10.6. The summed E-state index contributed by atoms with van der Waals surface area (Å²) >= 11 is 0. The molecule has 0 saturated heterocycles. The minimum Gasteiger partial charge on any atom is -0.496 e. The Morgan fingerprint density at radius 3 is 2.41 bits per heavy atom. The molecule has 0 amide bonds. The molecule has 154 valence electrons. The lowest BCUT2D eigenvalue weighted by Crippen LogP contribution is -2.35. The molecule has 0 radical (unpaired) electrons. The number of hydrogen-bond donors (Lipinski definition) is 1. The molecule has 1 saturated carbocycles. The molecule has 1 atom stereocenters. The van der Waals surface area contributed by atoms with Crippen molar-refractivity contribution in [2.75, 3.05) is 14.2 Å². The molecule has 0 bridgehead atoms. The molecular formula is C25H31NO3. The van der Waals surface area contributed by atoms with E-state index in [4.69, 9.17) is 9.84 Å². The van der Waals surface area contributed by atoms with Crippen LogP contribution in [0.4, 0.5) is 0 Å². The van der Waals surface area contributed by atoms with E-state index < -0.39 is 5.97 Å². The third-order valence-electron chi connectivity index (χ3n) is 6.72. The predicted molar refractivity (Wildman–Crippen MR) is 116 cm³/mol. The van der Waals surface area contributed by atoms with Crippen molar-refractivity contribution >= 4 is 5.97 Å². The van der Waals surface area contributed by atoms with Gasteiger partial charge in [-0.15, -0.1) is 0 Å². The van der Waals surface area contributed by atoms with Gasteiger partial charge in [0.25, 0.3) is 0 Å². The van der Waals surface area contributed by atoms with Crippen LogP contribution in [-0.2, 0) is 16.6 Å². The maximum absolute atomic E-state index is 11.0. The number of aliphatic carboxylic acids is 1. The smallest absolute Gasteiger partial charge is 0.307 e. The third-order valence-corrected chi connectivity index (χ3v) is 6.72. The topological polar surface area (TPSA) is 49.8 Å². The van der Waals surface area contributed by atoms with Crippen LogP contribution in [0.15, 0.2) is 36.4 Å². The number of benzene rings is 2. The van der Waals surface area contributed by atoms with E-state index in [0.29, 0.717) is 12.1 Å². The van der Waals surface area contributed by atoms with E-state index in [9.17, 15) is 4.79 Å². The molecule has 1 fully saturated rings. The van der Waals surface area contributed by atoms with Crippen molar-refractivity contribution in [1.82, 2.24) is 4.90 Å². The molecule has 4 rings (SSSR count). The van der Waals surface area contributed by atoms with Crippen molar-refractivity contribution < 1.29 is 14.6 Å². The average Bonchev–Trinajstić information content (AvgIpc) is 3.52. The van der Waals surface area contributed by atoms with Gasteiger partial charge in [-0.1, -0.05) is 44.2 Å². The normalized spacial score (nSPS) is 20.4. The first-order valence-electron chi connectivity index (χ1n) is 10.6. The lowest BCUT2D eigenvalue weighted by Gasteiger charge is -2.42. The molecule has 2 aromatic carbocycles. The number of carbonyl (C=O) groups is 1. The third kappa shape index (κ3) is 3.91. The van der Waals surface area contributed by atoms with E-state index in [2.05, 4.69) is 37.9 Å². The number of ether oxygens (including phenoxy) is 1. The zero-order valence-corrected chi connectivity index (χ0v) is 17.9. The summed E-state index contributed by atoms with van der Waals surface area (Å²) in [5.41, 5.74) is 5.87. The molecule has 0 aromatic heterocycles. The lowest BCUT2D eigenvalue weighted by atomic mass is 9.69. The maximum atomic E-state index is 11.0. The highest BCUT2D eigenvalue weighted by atomic mass is 16.5. The second-order valence-corrected chi connectivity index (χ2v) is 9.24. The fraction of sp³-hybridized carbons (Fsp3) is 0.480. The molecule has 1 N–H and O–H groups in total. The van der Waals surface area contributed by atoms with E-state index >= 15 is 0 Å². The summed E-state index contributed by atoms with van der Waals surface area (Å²) in [4.78, 5) is 13.5. The van der Waals surface area contributed by atoms with E-state index in [-0.39, 0.29) is 11.8 Å². The number of rotatable bonds is 6. The molecule has 2 aliphatic carbocycles. The molecule has 2 aliphatic rings. The highest BCUT2D eigenvalue weighted by molar-refractivity contribution is 5.72. The summed E-state index contributed by atoms with van der Waals surface area (Å²) in [6, 6.07) is 13.4. The van der Waals surface area contributed by atoms with Crippen LogP contribution < -0.4 is 4.74 Å². The Labute approximate surface area is 173 Å². The second kappa shape index (κ2) is 7.49. The molecular weight excluding hydrogens is 362 g/mol. The predicted octanol–water partition coefficient (Wildman–Crippen LogP) is 5.20. The van der Waals surface area contributed by atoms with Gasteiger partial charge in [0.05, 0.1) is 13.5 Å². The van der Waals surface area contributed by atoms with Gasteiger partial charge < -0.3 is 9.84 Å². The molecule has 1 unspecified atom stereocenters. The minimum atomic E-state index is -0.805. The summed E-state index contributed by atoms with van der Waals surface area (Å²) < 4.78 is 5.92. The Hall–Kier alpha value is -2.33. The van der Waals surface area contributed by atoms with E-state index in [1.165, 1.54) is 24.0 Å². The number of methoxy groups -OCH3 is 1. The second-order valence-electron chi connectivity index (χ2n) is 9.24. The highest BCUT2D eigenvalue weighted by Crippen LogP contribution is 2.50. The Morgan fingerprint density at radius 1 is 1.14 bits per heavy atom. The number of carboxylic acids is 1. The number of fused-ring (bicyclic) bond motifs is 1. The van der Waals surface area contributed by atoms with Gasteiger partial charge in [-0.3, -0.25) is 9.69 Å². The van der Waals surface area contributed by atoms with Crippen LogP contribution in [0.5, 0.6) is 5.75 Å². The summed E-state index contributed by atoms with van der Waals surface area (Å²) in [5, 5.41) is 9.00. The Bertz CT molecular complexity index is 912. The Kier molecular flexibility index (Phi) is 5.16. The van der Waals surface area contributed by atoms with Crippen LogP contribution in [0.1, 0.15) is 62.3 Å². The molecule has 0 aliphatic heterocycles. The zero-order valence-electron chi connectivity index (χ0n) is 17.9. The summed E-state index contributed by atoms with van der Waals surface area (Å²) in [5.74, 6) is 0.165. The van der Waals surface area contributed by atoms with Gasteiger partial charge in [0.15, 0.2) is 0 Å². The molecule has 0 heterocycles. The van der Waals surface area contributed by atoms with Gasteiger partial charge in [-0.05, 0) is 66.5 Å². The highest BCUT2D eigenvalue weighted by Gasteiger charge is 2.40. The van der Waals surface area contributed by atoms with E-state index in [0.717, 1.165) is 35.3 Å². The number of nitrogens with zero attached hydrogens (tertiary/aromatic N) is 1.